The number of hydrogen-bond donors (Lipinski definition) is 1. The van der Waals surface area contributed by atoms with E-state index in [1.165, 1.54) is 5.69 Å². The van der Waals surface area contributed by atoms with E-state index in [-0.39, 0.29) is 6.61 Å². The van der Waals surface area contributed by atoms with E-state index >= 15 is 0 Å². The first kappa shape index (κ1) is 19.7. The molecular weight excluding hydrogens is 364 g/mol. The fourth-order valence-electron chi connectivity index (χ4n) is 4.01. The molecule has 4 rings (SSSR count). The molecular formula is C22H28N6O. The van der Waals surface area contributed by atoms with E-state index in [0.29, 0.717) is 12.0 Å². The van der Waals surface area contributed by atoms with Crippen LogP contribution in [-0.2, 0) is 13.1 Å². The normalized spacial score (nSPS) is 18.2. The van der Waals surface area contributed by atoms with Gasteiger partial charge in [0.15, 0.2) is 0 Å². The van der Waals surface area contributed by atoms with Crippen molar-refractivity contribution in [1.82, 2.24) is 29.3 Å². The predicted molar refractivity (Wildman–Crippen MR) is 112 cm³/mol. The summed E-state index contributed by atoms with van der Waals surface area (Å²) in [7, 11) is 0. The van der Waals surface area contributed by atoms with Gasteiger partial charge in [-0.3, -0.25) is 19.4 Å². The monoisotopic (exact) mass is 392 g/mol. The Morgan fingerprint density at radius 3 is 2.69 bits per heavy atom. The summed E-state index contributed by atoms with van der Waals surface area (Å²) in [4.78, 5) is 18.3. The molecule has 1 aliphatic heterocycles. The summed E-state index contributed by atoms with van der Waals surface area (Å²) in [5, 5.41) is 9.60. The lowest BCUT2D eigenvalue weighted by Gasteiger charge is -2.41. The molecule has 0 bridgehead atoms. The summed E-state index contributed by atoms with van der Waals surface area (Å²) in [5.41, 5.74) is 3.31. The van der Waals surface area contributed by atoms with Gasteiger partial charge in [0.05, 0.1) is 5.69 Å². The number of pyridine rings is 1. The number of piperazine rings is 1. The standard InChI is InChI=1S/C22H28N6O/c1-18-5-2-6-19(25-18)15-27-13-12-26(16-20(27)8-14-29)17-21-7-3-11-28(21)22-23-9-4-10-24-22/h2-7,9-11,20,29H,8,12-17H2,1H3/t20-/m1/s1. The third-order valence-corrected chi connectivity index (χ3v) is 5.45. The van der Waals surface area contributed by atoms with Crippen LogP contribution in [0.2, 0.25) is 0 Å². The van der Waals surface area contributed by atoms with Gasteiger partial charge in [-0.15, -0.1) is 0 Å². The second kappa shape index (κ2) is 9.26. The first-order chi connectivity index (χ1) is 14.2. The van der Waals surface area contributed by atoms with Gasteiger partial charge in [-0.25, -0.2) is 9.97 Å². The fraction of sp³-hybridized carbons (Fsp3) is 0.409. The summed E-state index contributed by atoms with van der Waals surface area (Å²) in [6.45, 7) is 6.76. The lowest BCUT2D eigenvalue weighted by Crippen LogP contribution is -2.52. The third kappa shape index (κ3) is 4.87. The zero-order valence-electron chi connectivity index (χ0n) is 16.9. The lowest BCUT2D eigenvalue weighted by molar-refractivity contribution is 0.0483. The quantitative estimate of drug-likeness (QED) is 0.664. The number of aryl methyl sites for hydroxylation is 1. The summed E-state index contributed by atoms with van der Waals surface area (Å²) < 4.78 is 2.05. The van der Waals surface area contributed by atoms with Crippen molar-refractivity contribution in [1.29, 1.82) is 0 Å². The molecule has 29 heavy (non-hydrogen) atoms. The number of aromatic nitrogens is 4. The SMILES string of the molecule is Cc1cccc(CN2CCN(Cc3cccn3-c3ncccn3)C[C@H]2CCO)n1. The van der Waals surface area contributed by atoms with Gasteiger partial charge in [0.1, 0.15) is 0 Å². The molecule has 7 nitrogen and oxygen atoms in total. The molecule has 0 aliphatic carbocycles. The summed E-state index contributed by atoms with van der Waals surface area (Å²) in [6.07, 6.45) is 6.31. The molecule has 1 fully saturated rings. The van der Waals surface area contributed by atoms with Crippen molar-refractivity contribution in [3.8, 4) is 5.95 Å². The van der Waals surface area contributed by atoms with Crippen LogP contribution in [0.4, 0.5) is 0 Å². The average molecular weight is 393 g/mol. The van der Waals surface area contributed by atoms with Gasteiger partial charge >= 0.3 is 0 Å². The Kier molecular flexibility index (Phi) is 6.29. The highest BCUT2D eigenvalue weighted by Gasteiger charge is 2.27. The Morgan fingerprint density at radius 1 is 1.03 bits per heavy atom. The summed E-state index contributed by atoms with van der Waals surface area (Å²) in [6, 6.07) is 12.5. The lowest BCUT2D eigenvalue weighted by atomic mass is 10.1. The van der Waals surface area contributed by atoms with Crippen molar-refractivity contribution in [2.75, 3.05) is 26.2 Å². The maximum absolute atomic E-state index is 9.60. The largest absolute Gasteiger partial charge is 0.396 e. The Hall–Kier alpha value is -2.61. The van der Waals surface area contributed by atoms with E-state index in [1.54, 1.807) is 12.4 Å². The van der Waals surface area contributed by atoms with Gasteiger partial charge < -0.3 is 5.11 Å². The highest BCUT2D eigenvalue weighted by Crippen LogP contribution is 2.19. The second-order valence-electron chi connectivity index (χ2n) is 7.56. The number of aliphatic hydroxyl groups excluding tert-OH is 1. The molecule has 0 saturated carbocycles. The molecule has 3 aromatic rings. The highest BCUT2D eigenvalue weighted by atomic mass is 16.3. The van der Waals surface area contributed by atoms with Crippen LogP contribution in [0.25, 0.3) is 5.95 Å². The number of rotatable bonds is 7. The molecule has 0 radical (unpaired) electrons. The zero-order chi connectivity index (χ0) is 20.1. The summed E-state index contributed by atoms with van der Waals surface area (Å²) >= 11 is 0. The van der Waals surface area contributed by atoms with E-state index in [9.17, 15) is 5.11 Å². The first-order valence-electron chi connectivity index (χ1n) is 10.2. The molecule has 4 heterocycles. The second-order valence-corrected chi connectivity index (χ2v) is 7.56. The topological polar surface area (TPSA) is 70.3 Å². The fourth-order valence-corrected chi connectivity index (χ4v) is 4.01. The van der Waals surface area contributed by atoms with Gasteiger partial charge in [-0.2, -0.15) is 0 Å². The van der Waals surface area contributed by atoms with Crippen molar-refractivity contribution >= 4 is 0 Å². The van der Waals surface area contributed by atoms with Crippen molar-refractivity contribution < 1.29 is 5.11 Å². The van der Waals surface area contributed by atoms with Gasteiger partial charge in [-0.05, 0) is 43.7 Å². The Labute approximate surface area is 171 Å². The van der Waals surface area contributed by atoms with Crippen LogP contribution in [0.5, 0.6) is 0 Å². The van der Waals surface area contributed by atoms with E-state index in [0.717, 1.165) is 50.5 Å². The minimum atomic E-state index is 0.199. The van der Waals surface area contributed by atoms with Crippen molar-refractivity contribution in [2.45, 2.75) is 32.5 Å². The van der Waals surface area contributed by atoms with E-state index in [4.69, 9.17) is 0 Å². The van der Waals surface area contributed by atoms with Crippen LogP contribution in [0.3, 0.4) is 0 Å². The molecule has 3 aromatic heterocycles. The molecule has 1 N–H and O–H groups in total. The first-order valence-corrected chi connectivity index (χ1v) is 10.2. The van der Waals surface area contributed by atoms with Gasteiger partial charge in [-0.1, -0.05) is 6.07 Å². The maximum atomic E-state index is 9.60. The summed E-state index contributed by atoms with van der Waals surface area (Å²) in [5.74, 6) is 0.698. The molecule has 0 aromatic carbocycles. The molecule has 1 saturated heterocycles. The molecule has 1 aliphatic rings. The third-order valence-electron chi connectivity index (χ3n) is 5.45. The zero-order valence-corrected chi connectivity index (χ0v) is 16.9. The molecule has 0 spiro atoms. The van der Waals surface area contributed by atoms with Crippen LogP contribution >= 0.6 is 0 Å². The number of nitrogens with zero attached hydrogens (tertiary/aromatic N) is 6. The Bertz CT molecular complexity index is 912. The van der Waals surface area contributed by atoms with Crippen LogP contribution in [0, 0.1) is 6.92 Å². The van der Waals surface area contributed by atoms with E-state index in [1.807, 2.05) is 35.9 Å². The van der Waals surface area contributed by atoms with Crippen LogP contribution in [0.15, 0.2) is 55.0 Å². The molecule has 7 heteroatoms. The number of hydrogen-bond acceptors (Lipinski definition) is 6. The minimum absolute atomic E-state index is 0.199. The molecule has 0 unspecified atom stereocenters. The minimum Gasteiger partial charge on any atom is -0.396 e. The number of aliphatic hydroxyl groups is 1. The van der Waals surface area contributed by atoms with Gasteiger partial charge in [0.2, 0.25) is 5.95 Å². The van der Waals surface area contributed by atoms with Gasteiger partial charge in [0.25, 0.3) is 0 Å². The molecule has 152 valence electrons. The van der Waals surface area contributed by atoms with Crippen molar-refractivity contribution in [2.24, 2.45) is 0 Å². The maximum Gasteiger partial charge on any atom is 0.233 e. The van der Waals surface area contributed by atoms with Crippen LogP contribution < -0.4 is 0 Å². The smallest absolute Gasteiger partial charge is 0.233 e. The predicted octanol–water partition coefficient (Wildman–Crippen LogP) is 2.04. The van der Waals surface area contributed by atoms with Crippen molar-refractivity contribution in [3.05, 3.63) is 72.1 Å². The van der Waals surface area contributed by atoms with E-state index < -0.39 is 0 Å². The highest BCUT2D eigenvalue weighted by molar-refractivity contribution is 5.20. The Balaban J connectivity index is 1.43. The average Bonchev–Trinajstić information content (AvgIpc) is 3.19. The van der Waals surface area contributed by atoms with Gasteiger partial charge in [0, 0.05) is 75.4 Å². The van der Waals surface area contributed by atoms with Crippen LogP contribution in [-0.4, -0.2) is 66.7 Å². The molecule has 0 amide bonds. The van der Waals surface area contributed by atoms with E-state index in [2.05, 4.69) is 43.0 Å². The van der Waals surface area contributed by atoms with Crippen LogP contribution in [0.1, 0.15) is 23.5 Å². The Morgan fingerprint density at radius 2 is 1.90 bits per heavy atom. The van der Waals surface area contributed by atoms with Crippen molar-refractivity contribution in [3.63, 3.8) is 0 Å². The molecule has 1 atom stereocenters.